The second-order valence-corrected chi connectivity index (χ2v) is 6.98. The molecule has 0 spiro atoms. The molecule has 2 saturated heterocycles. The highest BCUT2D eigenvalue weighted by Gasteiger charge is 2.43. The Hall–Kier alpha value is -2.45. The predicted molar refractivity (Wildman–Crippen MR) is 97.2 cm³/mol. The molecule has 2 fully saturated rings. The van der Waals surface area contributed by atoms with Gasteiger partial charge < -0.3 is 9.64 Å². The molecule has 0 amide bonds. The maximum Gasteiger partial charge on any atom is 0.333 e. The molecule has 2 atom stereocenters. The van der Waals surface area contributed by atoms with Gasteiger partial charge in [-0.05, 0) is 12.5 Å². The summed E-state index contributed by atoms with van der Waals surface area (Å²) >= 11 is 0. The molecule has 26 heavy (non-hydrogen) atoms. The lowest BCUT2D eigenvalue weighted by Gasteiger charge is -2.36. The quantitative estimate of drug-likeness (QED) is 0.613. The van der Waals surface area contributed by atoms with Gasteiger partial charge >= 0.3 is 5.69 Å². The van der Waals surface area contributed by atoms with Gasteiger partial charge in [-0.15, -0.1) is 0 Å². The summed E-state index contributed by atoms with van der Waals surface area (Å²) in [7, 11) is 1.76. The summed E-state index contributed by atoms with van der Waals surface area (Å²) in [6.07, 6.45) is 0.0577. The summed E-state index contributed by atoms with van der Waals surface area (Å²) in [5.74, 6) is 0.574. The van der Waals surface area contributed by atoms with E-state index in [1.54, 1.807) is 18.7 Å². The van der Waals surface area contributed by atoms with Gasteiger partial charge in [-0.3, -0.25) is 15.0 Å². The van der Waals surface area contributed by atoms with E-state index in [0.29, 0.717) is 31.2 Å². The number of benzene rings is 1. The van der Waals surface area contributed by atoms with Gasteiger partial charge in [-0.25, -0.2) is 4.68 Å². The highest BCUT2D eigenvalue weighted by molar-refractivity contribution is 5.62. The molecule has 8 heteroatoms. The average Bonchev–Trinajstić information content (AvgIpc) is 3.16. The Morgan fingerprint density at radius 3 is 2.81 bits per heavy atom. The fraction of sp³-hybridized carbons (Fsp3) is 0.500. The van der Waals surface area contributed by atoms with Gasteiger partial charge in [0.15, 0.2) is 0 Å². The van der Waals surface area contributed by atoms with Crippen LogP contribution in [0, 0.1) is 17.0 Å². The normalized spacial score (nSPS) is 23.2. The van der Waals surface area contributed by atoms with Crippen LogP contribution in [0.5, 0.6) is 0 Å². The van der Waals surface area contributed by atoms with Gasteiger partial charge in [0, 0.05) is 33.2 Å². The summed E-state index contributed by atoms with van der Waals surface area (Å²) in [6, 6.07) is 10.6. The van der Waals surface area contributed by atoms with Gasteiger partial charge in [-0.1, -0.05) is 30.3 Å². The van der Waals surface area contributed by atoms with Crippen molar-refractivity contribution in [2.24, 2.45) is 7.05 Å². The third kappa shape index (κ3) is 2.95. The van der Waals surface area contributed by atoms with Crippen molar-refractivity contribution in [3.8, 4) is 0 Å². The van der Waals surface area contributed by atoms with Crippen molar-refractivity contribution >= 4 is 11.5 Å². The molecular formula is C18H23N5O3. The molecule has 0 aliphatic carbocycles. The first-order valence-corrected chi connectivity index (χ1v) is 8.87. The fourth-order valence-corrected chi connectivity index (χ4v) is 4.15. The van der Waals surface area contributed by atoms with Crippen LogP contribution in [0.3, 0.4) is 0 Å². The molecule has 2 aliphatic rings. The summed E-state index contributed by atoms with van der Waals surface area (Å²) in [4.78, 5) is 15.7. The van der Waals surface area contributed by atoms with Gasteiger partial charge in [-0.2, -0.15) is 5.10 Å². The zero-order valence-electron chi connectivity index (χ0n) is 15.0. The first kappa shape index (κ1) is 17.0. The minimum atomic E-state index is -0.331. The number of aromatic nitrogens is 2. The maximum atomic E-state index is 11.5. The van der Waals surface area contributed by atoms with E-state index in [-0.39, 0.29) is 22.8 Å². The number of ether oxygens (including phenoxy) is 1. The van der Waals surface area contributed by atoms with E-state index < -0.39 is 0 Å². The van der Waals surface area contributed by atoms with E-state index in [1.807, 2.05) is 6.07 Å². The maximum absolute atomic E-state index is 11.5. The molecular weight excluding hydrogens is 334 g/mol. The zero-order valence-corrected chi connectivity index (χ0v) is 15.0. The van der Waals surface area contributed by atoms with Crippen LogP contribution in [0.15, 0.2) is 30.3 Å². The average molecular weight is 357 g/mol. The largest absolute Gasteiger partial charge is 0.373 e. The van der Waals surface area contributed by atoms with E-state index >= 15 is 0 Å². The third-order valence-corrected chi connectivity index (χ3v) is 5.29. The van der Waals surface area contributed by atoms with Gasteiger partial charge in [0.25, 0.3) is 0 Å². The van der Waals surface area contributed by atoms with E-state index in [1.165, 1.54) is 5.56 Å². The van der Waals surface area contributed by atoms with Gasteiger partial charge in [0.1, 0.15) is 5.69 Å². The lowest BCUT2D eigenvalue weighted by Crippen LogP contribution is -2.50. The van der Waals surface area contributed by atoms with Crippen molar-refractivity contribution in [2.75, 3.05) is 31.1 Å². The van der Waals surface area contributed by atoms with Crippen LogP contribution in [0.2, 0.25) is 0 Å². The molecule has 2 aromatic rings. The molecule has 138 valence electrons. The Kier molecular flexibility index (Phi) is 4.37. The molecule has 0 bridgehead atoms. The van der Waals surface area contributed by atoms with E-state index in [0.717, 1.165) is 13.1 Å². The molecule has 4 rings (SSSR count). The fourth-order valence-electron chi connectivity index (χ4n) is 4.15. The Morgan fingerprint density at radius 2 is 2.08 bits per heavy atom. The third-order valence-electron chi connectivity index (χ3n) is 5.29. The minimum Gasteiger partial charge on any atom is -0.373 e. The highest BCUT2D eigenvalue weighted by atomic mass is 16.6. The number of anilines is 1. The van der Waals surface area contributed by atoms with E-state index in [4.69, 9.17) is 4.74 Å². The Labute approximate surface area is 152 Å². The number of nitrogens with zero attached hydrogens (tertiary/aromatic N) is 5. The number of hydrogen-bond donors (Lipinski definition) is 0. The van der Waals surface area contributed by atoms with Crippen molar-refractivity contribution in [2.45, 2.75) is 25.6 Å². The van der Waals surface area contributed by atoms with Crippen molar-refractivity contribution in [1.29, 1.82) is 0 Å². The van der Waals surface area contributed by atoms with Crippen LogP contribution < -0.4 is 4.90 Å². The summed E-state index contributed by atoms with van der Waals surface area (Å²) in [5.41, 5.74) is 1.82. The SMILES string of the molecule is Cc1nn(C)c(N2CC3OCCN(Cc4ccccc4)C3C2)c1[N+](=O)[O-]. The van der Waals surface area contributed by atoms with E-state index in [2.05, 4.69) is 39.2 Å². The number of fused-ring (bicyclic) bond motifs is 1. The minimum absolute atomic E-state index is 0.0577. The number of hydrogen-bond acceptors (Lipinski definition) is 6. The Bertz CT molecular complexity index is 807. The van der Waals surface area contributed by atoms with Crippen LogP contribution in [0.1, 0.15) is 11.3 Å². The van der Waals surface area contributed by atoms with Crippen LogP contribution >= 0.6 is 0 Å². The molecule has 2 unspecified atom stereocenters. The second-order valence-electron chi connectivity index (χ2n) is 6.98. The molecule has 1 aromatic heterocycles. The smallest absolute Gasteiger partial charge is 0.333 e. The molecule has 0 radical (unpaired) electrons. The first-order valence-electron chi connectivity index (χ1n) is 8.87. The summed E-state index contributed by atoms with van der Waals surface area (Å²) in [6.45, 7) is 5.46. The van der Waals surface area contributed by atoms with E-state index in [9.17, 15) is 10.1 Å². The highest BCUT2D eigenvalue weighted by Crippen LogP contribution is 2.35. The number of morpholine rings is 1. The second kappa shape index (κ2) is 6.69. The molecule has 0 N–H and O–H groups in total. The van der Waals surface area contributed by atoms with Crippen LogP contribution in [0.4, 0.5) is 11.5 Å². The molecule has 3 heterocycles. The molecule has 1 aromatic carbocycles. The monoisotopic (exact) mass is 357 g/mol. The van der Waals surface area contributed by atoms with Gasteiger partial charge in [0.05, 0.1) is 23.7 Å². The van der Waals surface area contributed by atoms with Crippen molar-refractivity contribution in [3.05, 3.63) is 51.7 Å². The number of aryl methyl sites for hydroxylation is 2. The lowest BCUT2D eigenvalue weighted by atomic mass is 10.1. The zero-order chi connectivity index (χ0) is 18.3. The standard InChI is InChI=1S/C18H23N5O3/c1-13-17(23(24)25)18(20(2)19-13)22-11-15-16(12-22)26-9-8-21(15)10-14-6-4-3-5-7-14/h3-7,15-16H,8-12H2,1-2H3. The first-order chi connectivity index (χ1) is 12.5. The topological polar surface area (TPSA) is 76.7 Å². The molecule has 8 nitrogen and oxygen atoms in total. The van der Waals surface area contributed by atoms with Crippen molar-refractivity contribution < 1.29 is 9.66 Å². The van der Waals surface area contributed by atoms with Crippen LogP contribution in [-0.2, 0) is 18.3 Å². The van der Waals surface area contributed by atoms with Crippen molar-refractivity contribution in [1.82, 2.24) is 14.7 Å². The number of nitro groups is 1. The molecule has 2 aliphatic heterocycles. The summed E-state index contributed by atoms with van der Waals surface area (Å²) in [5, 5.41) is 15.8. The Balaban J connectivity index is 1.58. The number of rotatable bonds is 4. The predicted octanol–water partition coefficient (Wildman–Crippen LogP) is 1.73. The Morgan fingerprint density at radius 1 is 1.31 bits per heavy atom. The van der Waals surface area contributed by atoms with Crippen LogP contribution in [0.25, 0.3) is 0 Å². The lowest BCUT2D eigenvalue weighted by molar-refractivity contribution is -0.384. The van der Waals surface area contributed by atoms with Gasteiger partial charge in [0.2, 0.25) is 5.82 Å². The molecule has 0 saturated carbocycles. The summed E-state index contributed by atoms with van der Waals surface area (Å²) < 4.78 is 7.60. The van der Waals surface area contributed by atoms with Crippen LogP contribution in [-0.4, -0.2) is 58.0 Å². The van der Waals surface area contributed by atoms with Crippen molar-refractivity contribution in [3.63, 3.8) is 0 Å².